The van der Waals surface area contributed by atoms with E-state index in [1.54, 1.807) is 0 Å². The number of anilines is 2. The molecule has 2 aliphatic heterocycles. The Morgan fingerprint density at radius 3 is 2.59 bits per heavy atom. The molecule has 27 heavy (non-hydrogen) atoms. The summed E-state index contributed by atoms with van der Waals surface area (Å²) in [6.07, 6.45) is 6.32. The van der Waals surface area contributed by atoms with Crippen LogP contribution in [-0.4, -0.2) is 59.1 Å². The van der Waals surface area contributed by atoms with Crippen molar-refractivity contribution in [3.05, 3.63) is 36.0 Å². The second kappa shape index (κ2) is 6.84. The minimum Gasteiger partial charge on any atom is -0.378 e. The van der Waals surface area contributed by atoms with Gasteiger partial charge in [0.2, 0.25) is 5.89 Å². The molecule has 0 bridgehead atoms. The van der Waals surface area contributed by atoms with Gasteiger partial charge in [0, 0.05) is 38.7 Å². The molecule has 8 heteroatoms. The molecule has 8 nitrogen and oxygen atoms in total. The number of morpholine rings is 1. The molecule has 3 aromatic rings. The monoisotopic (exact) mass is 368 g/mol. The number of rotatable bonds is 3. The first-order valence-corrected chi connectivity index (χ1v) is 9.63. The van der Waals surface area contributed by atoms with Crippen LogP contribution in [0.25, 0.3) is 5.52 Å². The third-order valence-electron chi connectivity index (χ3n) is 5.64. The predicted octanol–water partition coefficient (Wildman–Crippen LogP) is 2.25. The standard InChI is InChI=1S/C19H24N6O2/c1-14-21-19(22-27-14)24-6-4-15(5-7-24)17-12-20-25-13-16(2-3-18(17)25)23-8-10-26-11-9-23/h2-3,12-13,15H,4-11H2,1H3. The fraction of sp³-hybridized carbons (Fsp3) is 0.526. The second-order valence-corrected chi connectivity index (χ2v) is 7.29. The van der Waals surface area contributed by atoms with Crippen LogP contribution in [0.3, 0.4) is 0 Å². The Morgan fingerprint density at radius 1 is 1.04 bits per heavy atom. The lowest BCUT2D eigenvalue weighted by Gasteiger charge is -2.30. The van der Waals surface area contributed by atoms with Crippen LogP contribution in [0.5, 0.6) is 0 Å². The lowest BCUT2D eigenvalue weighted by Crippen LogP contribution is -2.36. The average Bonchev–Trinajstić information content (AvgIpc) is 3.34. The van der Waals surface area contributed by atoms with Gasteiger partial charge in [-0.1, -0.05) is 0 Å². The van der Waals surface area contributed by atoms with Crippen LogP contribution in [0.15, 0.2) is 29.0 Å². The summed E-state index contributed by atoms with van der Waals surface area (Å²) >= 11 is 0. The molecule has 0 radical (unpaired) electrons. The number of aromatic nitrogens is 4. The van der Waals surface area contributed by atoms with Gasteiger partial charge in [0.1, 0.15) is 0 Å². The smallest absolute Gasteiger partial charge is 0.266 e. The molecule has 2 saturated heterocycles. The van der Waals surface area contributed by atoms with Crippen LogP contribution in [0.4, 0.5) is 11.6 Å². The van der Waals surface area contributed by atoms with Gasteiger partial charge >= 0.3 is 0 Å². The van der Waals surface area contributed by atoms with E-state index in [4.69, 9.17) is 9.26 Å². The lowest BCUT2D eigenvalue weighted by atomic mass is 9.90. The van der Waals surface area contributed by atoms with E-state index in [2.05, 4.69) is 43.4 Å². The molecule has 0 amide bonds. The predicted molar refractivity (Wildman–Crippen MR) is 101 cm³/mol. The van der Waals surface area contributed by atoms with E-state index < -0.39 is 0 Å². The summed E-state index contributed by atoms with van der Waals surface area (Å²) < 4.78 is 12.6. The molecule has 2 fully saturated rings. The molecule has 0 spiro atoms. The van der Waals surface area contributed by atoms with Gasteiger partial charge in [-0.05, 0) is 36.0 Å². The van der Waals surface area contributed by atoms with Crippen LogP contribution >= 0.6 is 0 Å². The molecule has 2 aliphatic rings. The summed E-state index contributed by atoms with van der Waals surface area (Å²) in [5.74, 6) is 1.84. The minimum absolute atomic E-state index is 0.515. The average molecular weight is 368 g/mol. The van der Waals surface area contributed by atoms with Crippen LogP contribution in [0, 0.1) is 6.92 Å². The molecule has 142 valence electrons. The van der Waals surface area contributed by atoms with Gasteiger partial charge in [-0.2, -0.15) is 10.1 Å². The van der Waals surface area contributed by atoms with Crippen molar-refractivity contribution in [3.8, 4) is 0 Å². The highest BCUT2D eigenvalue weighted by molar-refractivity contribution is 5.60. The third-order valence-corrected chi connectivity index (χ3v) is 5.64. The van der Waals surface area contributed by atoms with Crippen LogP contribution in [0.1, 0.15) is 30.2 Å². The second-order valence-electron chi connectivity index (χ2n) is 7.29. The van der Waals surface area contributed by atoms with E-state index in [9.17, 15) is 0 Å². The van der Waals surface area contributed by atoms with Crippen molar-refractivity contribution in [3.63, 3.8) is 0 Å². The summed E-state index contributed by atoms with van der Waals surface area (Å²) in [6.45, 7) is 7.16. The Bertz CT molecular complexity index is 921. The summed E-state index contributed by atoms with van der Waals surface area (Å²) in [6, 6.07) is 4.42. The molecule has 3 aromatic heterocycles. The fourth-order valence-corrected chi connectivity index (χ4v) is 4.12. The highest BCUT2D eigenvalue weighted by Crippen LogP contribution is 2.32. The Kier molecular flexibility index (Phi) is 4.20. The summed E-state index contributed by atoms with van der Waals surface area (Å²) in [7, 11) is 0. The molecule has 0 unspecified atom stereocenters. The Balaban J connectivity index is 1.32. The number of hydrogen-bond donors (Lipinski definition) is 0. The highest BCUT2D eigenvalue weighted by Gasteiger charge is 2.25. The highest BCUT2D eigenvalue weighted by atomic mass is 16.5. The summed E-state index contributed by atoms with van der Waals surface area (Å²) in [5, 5.41) is 8.68. The van der Waals surface area contributed by atoms with Crippen molar-refractivity contribution in [2.75, 3.05) is 49.2 Å². The summed E-state index contributed by atoms with van der Waals surface area (Å²) in [5.41, 5.74) is 3.76. The number of piperidine rings is 1. The van der Waals surface area contributed by atoms with Gasteiger partial charge < -0.3 is 19.1 Å². The van der Waals surface area contributed by atoms with Crippen LogP contribution < -0.4 is 9.80 Å². The maximum absolute atomic E-state index is 5.45. The number of nitrogens with zero attached hydrogens (tertiary/aromatic N) is 6. The number of fused-ring (bicyclic) bond motifs is 1. The first kappa shape index (κ1) is 16.6. The quantitative estimate of drug-likeness (QED) is 0.702. The molecule has 5 heterocycles. The van der Waals surface area contributed by atoms with E-state index in [1.807, 2.05) is 17.6 Å². The molecule has 5 rings (SSSR count). The molecular weight excluding hydrogens is 344 g/mol. The van der Waals surface area contributed by atoms with Gasteiger partial charge in [0.05, 0.1) is 36.8 Å². The number of hydrogen-bond acceptors (Lipinski definition) is 7. The van der Waals surface area contributed by atoms with Crippen molar-refractivity contribution in [1.82, 2.24) is 19.8 Å². The largest absolute Gasteiger partial charge is 0.378 e. The first-order chi connectivity index (χ1) is 13.3. The van der Waals surface area contributed by atoms with Crippen LogP contribution in [-0.2, 0) is 4.74 Å². The van der Waals surface area contributed by atoms with Crippen molar-refractivity contribution in [2.24, 2.45) is 0 Å². The van der Waals surface area contributed by atoms with E-state index in [1.165, 1.54) is 16.8 Å². The minimum atomic E-state index is 0.515. The van der Waals surface area contributed by atoms with E-state index in [0.717, 1.165) is 52.2 Å². The maximum Gasteiger partial charge on any atom is 0.266 e. The van der Waals surface area contributed by atoms with Crippen LogP contribution in [0.2, 0.25) is 0 Å². The number of pyridine rings is 1. The van der Waals surface area contributed by atoms with Gasteiger partial charge in [-0.15, -0.1) is 0 Å². The molecule has 0 saturated carbocycles. The first-order valence-electron chi connectivity index (χ1n) is 9.63. The SMILES string of the molecule is Cc1nc(N2CCC(c3cnn4cc(N5CCOCC5)ccc34)CC2)no1. The van der Waals surface area contributed by atoms with Gasteiger partial charge in [0.25, 0.3) is 5.95 Å². The molecular formula is C19H24N6O2. The maximum atomic E-state index is 5.45. The Morgan fingerprint density at radius 2 is 1.85 bits per heavy atom. The van der Waals surface area contributed by atoms with E-state index >= 15 is 0 Å². The van der Waals surface area contributed by atoms with Crippen molar-refractivity contribution >= 4 is 17.2 Å². The molecule has 0 aliphatic carbocycles. The zero-order valence-corrected chi connectivity index (χ0v) is 15.5. The summed E-state index contributed by atoms with van der Waals surface area (Å²) in [4.78, 5) is 8.90. The Hall–Kier alpha value is -2.61. The molecule has 0 aromatic carbocycles. The van der Waals surface area contributed by atoms with Gasteiger partial charge in [-0.25, -0.2) is 4.52 Å². The van der Waals surface area contributed by atoms with Crippen molar-refractivity contribution < 1.29 is 9.26 Å². The van der Waals surface area contributed by atoms with Crippen molar-refractivity contribution in [1.29, 1.82) is 0 Å². The fourth-order valence-electron chi connectivity index (χ4n) is 4.12. The van der Waals surface area contributed by atoms with E-state index in [0.29, 0.717) is 17.8 Å². The number of ether oxygens (including phenoxy) is 1. The van der Waals surface area contributed by atoms with Gasteiger partial charge in [-0.3, -0.25) is 0 Å². The normalized spacial score (nSPS) is 19.1. The number of aryl methyl sites for hydroxylation is 1. The van der Waals surface area contributed by atoms with E-state index in [-0.39, 0.29) is 0 Å². The third kappa shape index (κ3) is 3.14. The van der Waals surface area contributed by atoms with Crippen molar-refractivity contribution in [2.45, 2.75) is 25.7 Å². The lowest BCUT2D eigenvalue weighted by molar-refractivity contribution is 0.122. The Labute approximate surface area is 157 Å². The zero-order valence-electron chi connectivity index (χ0n) is 15.5. The van der Waals surface area contributed by atoms with Gasteiger partial charge in [0.15, 0.2) is 0 Å². The molecule has 0 atom stereocenters. The zero-order chi connectivity index (χ0) is 18.2. The molecule has 0 N–H and O–H groups in total. The topological polar surface area (TPSA) is 71.9 Å².